The van der Waals surface area contributed by atoms with Crippen LogP contribution in [0.3, 0.4) is 0 Å². The number of aromatic nitrogens is 1. The molecule has 0 bridgehead atoms. The van der Waals surface area contributed by atoms with Crippen molar-refractivity contribution in [2.75, 3.05) is 6.61 Å². The van der Waals surface area contributed by atoms with Crippen molar-refractivity contribution < 1.29 is 14.6 Å². The molecule has 0 radical (unpaired) electrons. The standard InChI is InChI=1S/C25H29NO3/c1-4-5-9-24-18(2)16-19(3)26(24)14-15-29-22-12-10-20(11-13-22)17-23(25(27)28)21-7-6-8-21/h4-5,9-13,16-17,21H,1,6-8,14-15H2,2-3H3,(H,27,28)/b9-5-,23-17+. The Balaban J connectivity index is 1.62. The molecule has 4 nitrogen and oxygen atoms in total. The zero-order valence-electron chi connectivity index (χ0n) is 17.2. The molecule has 1 aromatic heterocycles. The van der Waals surface area contributed by atoms with E-state index in [0.717, 1.165) is 37.1 Å². The monoisotopic (exact) mass is 391 g/mol. The van der Waals surface area contributed by atoms with Crippen molar-refractivity contribution in [1.82, 2.24) is 4.57 Å². The van der Waals surface area contributed by atoms with Gasteiger partial charge in [0.2, 0.25) is 0 Å². The first-order chi connectivity index (χ1) is 14.0. The Morgan fingerprint density at radius 1 is 1.28 bits per heavy atom. The minimum Gasteiger partial charge on any atom is -0.492 e. The molecule has 0 spiro atoms. The van der Waals surface area contributed by atoms with Gasteiger partial charge in [-0.2, -0.15) is 0 Å². The maximum absolute atomic E-state index is 11.5. The average molecular weight is 392 g/mol. The van der Waals surface area contributed by atoms with Crippen molar-refractivity contribution in [1.29, 1.82) is 0 Å². The van der Waals surface area contributed by atoms with Crippen molar-refractivity contribution >= 4 is 18.1 Å². The van der Waals surface area contributed by atoms with Crippen LogP contribution in [0.15, 0.2) is 54.6 Å². The summed E-state index contributed by atoms with van der Waals surface area (Å²) in [7, 11) is 0. The summed E-state index contributed by atoms with van der Waals surface area (Å²) in [4.78, 5) is 11.5. The van der Waals surface area contributed by atoms with Gasteiger partial charge >= 0.3 is 5.97 Å². The van der Waals surface area contributed by atoms with Crippen LogP contribution < -0.4 is 4.74 Å². The maximum Gasteiger partial charge on any atom is 0.331 e. The van der Waals surface area contributed by atoms with Crippen molar-refractivity contribution in [3.05, 3.63) is 77.2 Å². The highest BCUT2D eigenvalue weighted by Crippen LogP contribution is 2.34. The van der Waals surface area contributed by atoms with Crippen molar-refractivity contribution in [3.8, 4) is 5.75 Å². The minimum atomic E-state index is -0.811. The summed E-state index contributed by atoms with van der Waals surface area (Å²) < 4.78 is 8.16. The van der Waals surface area contributed by atoms with Crippen LogP contribution in [0.5, 0.6) is 5.75 Å². The highest BCUT2D eigenvalue weighted by molar-refractivity contribution is 5.92. The molecule has 1 fully saturated rings. The average Bonchev–Trinajstić information content (AvgIpc) is 2.92. The number of carboxylic acid groups (broad SMARTS) is 1. The van der Waals surface area contributed by atoms with Gasteiger partial charge in [0, 0.05) is 17.0 Å². The molecule has 1 aliphatic carbocycles. The number of benzene rings is 1. The van der Waals surface area contributed by atoms with E-state index in [1.165, 1.54) is 17.0 Å². The van der Waals surface area contributed by atoms with Crippen LogP contribution in [0, 0.1) is 19.8 Å². The van der Waals surface area contributed by atoms with E-state index in [4.69, 9.17) is 4.74 Å². The van der Waals surface area contributed by atoms with Gasteiger partial charge in [-0.15, -0.1) is 0 Å². The summed E-state index contributed by atoms with van der Waals surface area (Å²) >= 11 is 0. The van der Waals surface area contributed by atoms with Gasteiger partial charge in [-0.1, -0.05) is 37.3 Å². The number of aliphatic carboxylic acids is 1. The largest absolute Gasteiger partial charge is 0.492 e. The number of allylic oxidation sites excluding steroid dienone is 2. The summed E-state index contributed by atoms with van der Waals surface area (Å²) in [5.74, 6) is 0.169. The molecule has 0 aliphatic heterocycles. The Kier molecular flexibility index (Phi) is 6.76. The van der Waals surface area contributed by atoms with Gasteiger partial charge in [-0.05, 0) is 74.1 Å². The summed E-state index contributed by atoms with van der Waals surface area (Å²) in [6.07, 6.45) is 10.6. The van der Waals surface area contributed by atoms with Crippen molar-refractivity contribution in [2.24, 2.45) is 5.92 Å². The highest BCUT2D eigenvalue weighted by atomic mass is 16.5. The molecule has 1 saturated carbocycles. The van der Waals surface area contributed by atoms with Gasteiger partial charge in [0.15, 0.2) is 0 Å². The lowest BCUT2D eigenvalue weighted by atomic mass is 9.79. The molecule has 0 unspecified atom stereocenters. The van der Waals surface area contributed by atoms with Gasteiger partial charge in [-0.3, -0.25) is 0 Å². The third-order valence-corrected chi connectivity index (χ3v) is 5.51. The fraction of sp³-hybridized carbons (Fsp3) is 0.320. The number of carbonyl (C=O) groups is 1. The van der Waals surface area contributed by atoms with Crippen LogP contribution in [0.1, 0.15) is 41.8 Å². The van der Waals surface area contributed by atoms with Gasteiger partial charge < -0.3 is 14.4 Å². The zero-order valence-corrected chi connectivity index (χ0v) is 17.2. The molecule has 0 atom stereocenters. The number of hydrogen-bond acceptors (Lipinski definition) is 2. The number of hydrogen-bond donors (Lipinski definition) is 1. The summed E-state index contributed by atoms with van der Waals surface area (Å²) in [5.41, 5.74) is 5.02. The van der Waals surface area contributed by atoms with E-state index in [-0.39, 0.29) is 5.92 Å². The third kappa shape index (κ3) is 5.08. The molecule has 1 aliphatic rings. The Morgan fingerprint density at radius 2 is 2.00 bits per heavy atom. The molecule has 152 valence electrons. The van der Waals surface area contributed by atoms with Gasteiger partial charge in [0.1, 0.15) is 12.4 Å². The number of ether oxygens (including phenoxy) is 1. The molecule has 1 N–H and O–H groups in total. The molecular formula is C25H29NO3. The van der Waals surface area contributed by atoms with Crippen molar-refractivity contribution in [2.45, 2.75) is 39.7 Å². The predicted molar refractivity (Wildman–Crippen MR) is 118 cm³/mol. The highest BCUT2D eigenvalue weighted by Gasteiger charge is 2.26. The Bertz CT molecular complexity index is 928. The molecular weight excluding hydrogens is 362 g/mol. The smallest absolute Gasteiger partial charge is 0.331 e. The second kappa shape index (κ2) is 9.46. The zero-order chi connectivity index (χ0) is 20.8. The fourth-order valence-corrected chi connectivity index (χ4v) is 3.71. The van der Waals surface area contributed by atoms with Crippen molar-refractivity contribution in [3.63, 3.8) is 0 Å². The van der Waals surface area contributed by atoms with Crippen LogP contribution in [-0.4, -0.2) is 22.2 Å². The normalized spacial score (nSPS) is 14.8. The number of rotatable bonds is 9. The first-order valence-electron chi connectivity index (χ1n) is 10.1. The number of carboxylic acids is 1. The topological polar surface area (TPSA) is 51.5 Å². The first-order valence-corrected chi connectivity index (χ1v) is 10.1. The summed E-state index contributed by atoms with van der Waals surface area (Å²) in [6.45, 7) is 9.25. The molecule has 4 heteroatoms. The lowest BCUT2D eigenvalue weighted by Gasteiger charge is -2.25. The molecule has 1 heterocycles. The van der Waals surface area contributed by atoms with E-state index in [1.807, 2.05) is 30.3 Å². The van der Waals surface area contributed by atoms with Crippen LogP contribution in [0.4, 0.5) is 0 Å². The predicted octanol–water partition coefficient (Wildman–Crippen LogP) is 5.65. The Hall–Kier alpha value is -3.01. The lowest BCUT2D eigenvalue weighted by molar-refractivity contribution is -0.133. The van der Waals surface area contributed by atoms with E-state index in [0.29, 0.717) is 12.2 Å². The van der Waals surface area contributed by atoms with Gasteiger partial charge in [-0.25, -0.2) is 4.79 Å². The second-order valence-corrected chi connectivity index (χ2v) is 7.55. The third-order valence-electron chi connectivity index (χ3n) is 5.51. The Morgan fingerprint density at radius 3 is 2.59 bits per heavy atom. The van der Waals surface area contributed by atoms with E-state index in [2.05, 4.69) is 37.1 Å². The molecule has 0 saturated heterocycles. The quantitative estimate of drug-likeness (QED) is 0.444. The minimum absolute atomic E-state index is 0.195. The Labute approximate surface area is 172 Å². The summed E-state index contributed by atoms with van der Waals surface area (Å²) in [5, 5.41) is 9.44. The molecule has 29 heavy (non-hydrogen) atoms. The number of nitrogens with zero attached hydrogens (tertiary/aromatic N) is 1. The maximum atomic E-state index is 11.5. The number of aryl methyl sites for hydroxylation is 2. The second-order valence-electron chi connectivity index (χ2n) is 7.55. The van der Waals surface area contributed by atoms with E-state index < -0.39 is 5.97 Å². The molecule has 0 amide bonds. The lowest BCUT2D eigenvalue weighted by Crippen LogP contribution is -2.19. The van der Waals surface area contributed by atoms with Crippen LogP contribution in [0.2, 0.25) is 0 Å². The van der Waals surface area contributed by atoms with Gasteiger partial charge in [0.05, 0.1) is 6.54 Å². The van der Waals surface area contributed by atoms with Crippen LogP contribution in [-0.2, 0) is 11.3 Å². The van der Waals surface area contributed by atoms with E-state index >= 15 is 0 Å². The fourth-order valence-electron chi connectivity index (χ4n) is 3.71. The van der Waals surface area contributed by atoms with E-state index in [9.17, 15) is 9.90 Å². The first kappa shape index (κ1) is 20.7. The molecule has 2 aromatic rings. The van der Waals surface area contributed by atoms with Crippen LogP contribution in [0.25, 0.3) is 12.2 Å². The summed E-state index contributed by atoms with van der Waals surface area (Å²) in [6, 6.07) is 9.81. The van der Waals surface area contributed by atoms with E-state index in [1.54, 1.807) is 12.2 Å². The molecule has 1 aromatic carbocycles. The van der Waals surface area contributed by atoms with Gasteiger partial charge in [0.25, 0.3) is 0 Å². The van der Waals surface area contributed by atoms with Crippen LogP contribution >= 0.6 is 0 Å². The SMILES string of the molecule is C=C/C=C\c1c(C)cc(C)n1CCOc1ccc(/C=C(/C(=O)O)C2CCC2)cc1. The molecule has 3 rings (SSSR count).